The summed E-state index contributed by atoms with van der Waals surface area (Å²) in [5.41, 5.74) is 6.25. The fraction of sp³-hybridized carbons (Fsp3) is 0.500. The third kappa shape index (κ3) is 2.51. The standard InChI is InChI=1S/C14H19NO4/c1-17-11-7-13(19-3)12(18-2)6-10(11)14(16)8-4-9(15)5-8/h6-9H,4-5,15H2,1-3H3. The molecule has 5 nitrogen and oxygen atoms in total. The highest BCUT2D eigenvalue weighted by atomic mass is 16.5. The highest BCUT2D eigenvalue weighted by molar-refractivity contribution is 6.01. The van der Waals surface area contributed by atoms with Gasteiger partial charge < -0.3 is 19.9 Å². The fourth-order valence-corrected chi connectivity index (χ4v) is 2.32. The van der Waals surface area contributed by atoms with Crippen molar-refractivity contribution in [1.82, 2.24) is 0 Å². The van der Waals surface area contributed by atoms with Gasteiger partial charge in [0.1, 0.15) is 5.75 Å². The van der Waals surface area contributed by atoms with Crippen LogP contribution in [0.4, 0.5) is 0 Å². The number of Topliss-reactive ketones (excluding diaryl/α,β-unsaturated/α-hetero) is 1. The lowest BCUT2D eigenvalue weighted by molar-refractivity contribution is 0.0829. The quantitative estimate of drug-likeness (QED) is 0.819. The summed E-state index contributed by atoms with van der Waals surface area (Å²) in [6.45, 7) is 0. The van der Waals surface area contributed by atoms with Gasteiger partial charge in [-0.1, -0.05) is 0 Å². The summed E-state index contributed by atoms with van der Waals surface area (Å²) in [6, 6.07) is 3.48. The topological polar surface area (TPSA) is 70.8 Å². The zero-order valence-electron chi connectivity index (χ0n) is 11.4. The van der Waals surface area contributed by atoms with Crippen LogP contribution in [0.1, 0.15) is 23.2 Å². The summed E-state index contributed by atoms with van der Waals surface area (Å²) >= 11 is 0. The van der Waals surface area contributed by atoms with Crippen molar-refractivity contribution in [2.24, 2.45) is 11.7 Å². The number of carbonyl (C=O) groups is 1. The van der Waals surface area contributed by atoms with E-state index in [0.29, 0.717) is 22.8 Å². The van der Waals surface area contributed by atoms with Crippen LogP contribution in [0.5, 0.6) is 17.2 Å². The molecule has 1 aromatic carbocycles. The Morgan fingerprint density at radius 3 is 2.05 bits per heavy atom. The molecular formula is C14H19NO4. The van der Waals surface area contributed by atoms with E-state index in [1.165, 1.54) is 14.2 Å². The molecule has 0 aromatic heterocycles. The fourth-order valence-electron chi connectivity index (χ4n) is 2.32. The van der Waals surface area contributed by atoms with Crippen LogP contribution in [-0.4, -0.2) is 33.2 Å². The average molecular weight is 265 g/mol. The summed E-state index contributed by atoms with van der Waals surface area (Å²) in [4.78, 5) is 12.4. The number of carbonyl (C=O) groups excluding carboxylic acids is 1. The molecule has 1 aliphatic carbocycles. The van der Waals surface area contributed by atoms with E-state index in [-0.39, 0.29) is 17.7 Å². The summed E-state index contributed by atoms with van der Waals surface area (Å²) < 4.78 is 15.7. The smallest absolute Gasteiger partial charge is 0.169 e. The Morgan fingerprint density at radius 2 is 1.58 bits per heavy atom. The molecule has 1 fully saturated rings. The van der Waals surface area contributed by atoms with Gasteiger partial charge in [0.2, 0.25) is 0 Å². The van der Waals surface area contributed by atoms with E-state index in [1.54, 1.807) is 19.2 Å². The normalized spacial score (nSPS) is 21.5. The van der Waals surface area contributed by atoms with E-state index < -0.39 is 0 Å². The van der Waals surface area contributed by atoms with Gasteiger partial charge in [-0.05, 0) is 18.9 Å². The zero-order chi connectivity index (χ0) is 14.0. The second-order valence-corrected chi connectivity index (χ2v) is 4.70. The number of ketones is 1. The van der Waals surface area contributed by atoms with Crippen LogP contribution in [0.2, 0.25) is 0 Å². The Hall–Kier alpha value is -1.75. The average Bonchev–Trinajstić information content (AvgIpc) is 2.41. The molecule has 19 heavy (non-hydrogen) atoms. The maximum Gasteiger partial charge on any atom is 0.169 e. The minimum absolute atomic E-state index is 0.0120. The third-order valence-electron chi connectivity index (χ3n) is 3.52. The largest absolute Gasteiger partial charge is 0.496 e. The molecule has 0 atom stereocenters. The van der Waals surface area contributed by atoms with Crippen LogP contribution >= 0.6 is 0 Å². The molecule has 2 rings (SSSR count). The first-order valence-electron chi connectivity index (χ1n) is 6.20. The van der Waals surface area contributed by atoms with Crippen molar-refractivity contribution in [3.8, 4) is 17.2 Å². The van der Waals surface area contributed by atoms with Gasteiger partial charge >= 0.3 is 0 Å². The molecule has 0 aliphatic heterocycles. The molecule has 1 aromatic rings. The van der Waals surface area contributed by atoms with Crippen LogP contribution in [0, 0.1) is 5.92 Å². The van der Waals surface area contributed by atoms with Gasteiger partial charge in [0.15, 0.2) is 17.3 Å². The molecule has 0 heterocycles. The Morgan fingerprint density at radius 1 is 1.05 bits per heavy atom. The first-order valence-corrected chi connectivity index (χ1v) is 6.20. The molecule has 104 valence electrons. The monoisotopic (exact) mass is 265 g/mol. The van der Waals surface area contributed by atoms with Crippen LogP contribution in [0.15, 0.2) is 12.1 Å². The van der Waals surface area contributed by atoms with E-state index in [4.69, 9.17) is 19.9 Å². The van der Waals surface area contributed by atoms with Crippen molar-refractivity contribution >= 4 is 5.78 Å². The molecule has 0 saturated heterocycles. The molecule has 0 unspecified atom stereocenters. The molecule has 0 bridgehead atoms. The molecule has 5 heteroatoms. The molecule has 0 amide bonds. The van der Waals surface area contributed by atoms with Crippen molar-refractivity contribution in [2.75, 3.05) is 21.3 Å². The van der Waals surface area contributed by atoms with E-state index in [1.807, 2.05) is 0 Å². The second kappa shape index (κ2) is 5.48. The van der Waals surface area contributed by atoms with Crippen LogP contribution in [-0.2, 0) is 0 Å². The predicted molar refractivity (Wildman–Crippen MR) is 71.1 cm³/mol. The molecule has 0 spiro atoms. The lowest BCUT2D eigenvalue weighted by Crippen LogP contribution is -2.40. The van der Waals surface area contributed by atoms with Crippen LogP contribution in [0.3, 0.4) is 0 Å². The molecule has 0 radical (unpaired) electrons. The van der Waals surface area contributed by atoms with Crippen molar-refractivity contribution in [1.29, 1.82) is 0 Å². The van der Waals surface area contributed by atoms with Gasteiger partial charge in [0.25, 0.3) is 0 Å². The number of benzene rings is 1. The maximum absolute atomic E-state index is 12.4. The Bertz CT molecular complexity index is 481. The van der Waals surface area contributed by atoms with Gasteiger partial charge in [-0.25, -0.2) is 0 Å². The SMILES string of the molecule is COc1cc(OC)c(C(=O)C2CC(N)C2)cc1OC. The van der Waals surface area contributed by atoms with Crippen LogP contribution < -0.4 is 19.9 Å². The maximum atomic E-state index is 12.4. The number of nitrogens with two attached hydrogens (primary N) is 1. The van der Waals surface area contributed by atoms with E-state index in [9.17, 15) is 4.79 Å². The highest BCUT2D eigenvalue weighted by Crippen LogP contribution is 2.38. The van der Waals surface area contributed by atoms with Gasteiger partial charge in [0, 0.05) is 18.0 Å². The van der Waals surface area contributed by atoms with E-state index in [2.05, 4.69) is 0 Å². The third-order valence-corrected chi connectivity index (χ3v) is 3.52. The zero-order valence-corrected chi connectivity index (χ0v) is 11.4. The minimum Gasteiger partial charge on any atom is -0.496 e. The predicted octanol–water partition coefficient (Wildman–Crippen LogP) is 1.63. The number of hydrogen-bond acceptors (Lipinski definition) is 5. The number of ether oxygens (including phenoxy) is 3. The van der Waals surface area contributed by atoms with Crippen molar-refractivity contribution < 1.29 is 19.0 Å². The Labute approximate surface area is 112 Å². The summed E-state index contributed by atoms with van der Waals surface area (Å²) in [6.07, 6.45) is 1.46. The molecule has 1 aliphatic rings. The summed E-state index contributed by atoms with van der Waals surface area (Å²) in [7, 11) is 4.62. The van der Waals surface area contributed by atoms with E-state index in [0.717, 1.165) is 12.8 Å². The second-order valence-electron chi connectivity index (χ2n) is 4.70. The minimum atomic E-state index is -0.0120. The Kier molecular flexibility index (Phi) is 3.95. The molecule has 1 saturated carbocycles. The van der Waals surface area contributed by atoms with Gasteiger partial charge in [-0.15, -0.1) is 0 Å². The first kappa shape index (κ1) is 13.7. The Balaban J connectivity index is 2.35. The summed E-state index contributed by atoms with van der Waals surface area (Å²) in [5.74, 6) is 1.61. The van der Waals surface area contributed by atoms with Gasteiger partial charge in [0.05, 0.1) is 26.9 Å². The van der Waals surface area contributed by atoms with Crippen LogP contribution in [0.25, 0.3) is 0 Å². The van der Waals surface area contributed by atoms with Crippen molar-refractivity contribution in [2.45, 2.75) is 18.9 Å². The van der Waals surface area contributed by atoms with Crippen molar-refractivity contribution in [3.05, 3.63) is 17.7 Å². The molecule has 2 N–H and O–H groups in total. The lowest BCUT2D eigenvalue weighted by Gasteiger charge is -2.31. The van der Waals surface area contributed by atoms with Gasteiger partial charge in [-0.3, -0.25) is 4.79 Å². The van der Waals surface area contributed by atoms with E-state index >= 15 is 0 Å². The summed E-state index contributed by atoms with van der Waals surface area (Å²) in [5, 5.41) is 0. The first-order chi connectivity index (χ1) is 9.10. The lowest BCUT2D eigenvalue weighted by atomic mass is 9.76. The number of hydrogen-bond donors (Lipinski definition) is 1. The molecular weight excluding hydrogens is 246 g/mol. The number of rotatable bonds is 5. The van der Waals surface area contributed by atoms with Crippen molar-refractivity contribution in [3.63, 3.8) is 0 Å². The number of methoxy groups -OCH3 is 3. The van der Waals surface area contributed by atoms with Gasteiger partial charge in [-0.2, -0.15) is 0 Å². The highest BCUT2D eigenvalue weighted by Gasteiger charge is 2.34.